The summed E-state index contributed by atoms with van der Waals surface area (Å²) in [6.45, 7) is 7.00. The van der Waals surface area contributed by atoms with Gasteiger partial charge in [0.15, 0.2) is 5.82 Å². The molecule has 0 bridgehead atoms. The smallest absolute Gasteiger partial charge is 0.315 e. The summed E-state index contributed by atoms with van der Waals surface area (Å²) in [5.74, 6) is -0.159. The number of halogens is 2. The Kier molecular flexibility index (Phi) is 5.84. The number of carboxylic acids is 1. The highest BCUT2D eigenvalue weighted by molar-refractivity contribution is 6.33. The van der Waals surface area contributed by atoms with Crippen molar-refractivity contribution >= 4 is 40.7 Å². The van der Waals surface area contributed by atoms with Gasteiger partial charge in [-0.1, -0.05) is 24.6 Å². The Labute approximate surface area is 220 Å². The van der Waals surface area contributed by atoms with E-state index in [-0.39, 0.29) is 11.6 Å². The number of hydrogen-bond acceptors (Lipinski definition) is 6. The number of nitrogens with zero attached hydrogens (tertiary/aromatic N) is 4. The maximum Gasteiger partial charge on any atom is 0.315 e. The number of aliphatic carboxylic acids is 1. The highest BCUT2D eigenvalue weighted by Gasteiger charge is 2.46. The summed E-state index contributed by atoms with van der Waals surface area (Å²) < 4.78 is 14.2. The van der Waals surface area contributed by atoms with E-state index in [1.807, 2.05) is 0 Å². The fourth-order valence-corrected chi connectivity index (χ4v) is 6.42. The van der Waals surface area contributed by atoms with E-state index in [1.54, 1.807) is 11.8 Å². The normalized spacial score (nSPS) is 22.5. The van der Waals surface area contributed by atoms with Crippen molar-refractivity contribution in [1.82, 2.24) is 14.9 Å². The molecule has 0 saturated carbocycles. The minimum atomic E-state index is -1.23. The van der Waals surface area contributed by atoms with E-state index in [1.165, 1.54) is 53.9 Å². The molecule has 0 fully saturated rings. The number of hydrogen-bond donors (Lipinski definition) is 2. The molecule has 2 atom stereocenters. The third kappa shape index (κ3) is 4.03. The summed E-state index contributed by atoms with van der Waals surface area (Å²) in [7, 11) is 0. The number of anilines is 4. The lowest BCUT2D eigenvalue weighted by molar-refractivity contribution is -0.142. The Morgan fingerprint density at radius 3 is 2.89 bits per heavy atom. The van der Waals surface area contributed by atoms with Crippen LogP contribution in [0.15, 0.2) is 36.5 Å². The zero-order chi connectivity index (χ0) is 25.9. The van der Waals surface area contributed by atoms with Crippen molar-refractivity contribution in [3.05, 3.63) is 69.6 Å². The van der Waals surface area contributed by atoms with Gasteiger partial charge in [-0.3, -0.25) is 9.69 Å². The first-order valence-electron chi connectivity index (χ1n) is 12.8. The number of rotatable bonds is 5. The Balaban J connectivity index is 1.36. The van der Waals surface area contributed by atoms with Crippen LogP contribution in [-0.4, -0.2) is 45.6 Å². The fourth-order valence-electron chi connectivity index (χ4n) is 6.23. The fraction of sp³-hybridized carbons (Fsp3) is 0.393. The summed E-state index contributed by atoms with van der Waals surface area (Å²) >= 11 is 6.52. The van der Waals surface area contributed by atoms with Crippen LogP contribution in [0.3, 0.4) is 0 Å². The quantitative estimate of drug-likeness (QED) is 0.441. The van der Waals surface area contributed by atoms with Crippen LogP contribution < -0.4 is 10.2 Å². The third-order valence-electron chi connectivity index (χ3n) is 8.11. The number of fused-ring (bicyclic) bond motifs is 1. The Morgan fingerprint density at radius 2 is 2.11 bits per heavy atom. The molecule has 192 valence electrons. The SMILES string of the molecule is CCN1Cc2cc(Nc3ncc(Cl)c(N4CC(C)(C(=O)O)c5ccc(F)cc54)n3)cc3c2C(CCC3)C1. The molecule has 0 saturated heterocycles. The third-order valence-corrected chi connectivity index (χ3v) is 8.37. The van der Waals surface area contributed by atoms with Crippen molar-refractivity contribution in [3.63, 3.8) is 0 Å². The standard InChI is InChI=1S/C28H29ClFN5O2/c1-3-34-13-17-6-4-5-16-9-20(10-18(14-34)24(16)17)32-27-31-12-22(29)25(33-27)35-15-28(2,26(36)37)21-8-7-19(30)11-23(21)35/h7-12,17H,3-6,13-15H2,1-2H3,(H,36,37)(H,31,32,33). The second-order valence-electron chi connectivity index (χ2n) is 10.5. The predicted molar refractivity (Wildman–Crippen MR) is 142 cm³/mol. The molecular weight excluding hydrogens is 493 g/mol. The zero-order valence-electron chi connectivity index (χ0n) is 20.9. The van der Waals surface area contributed by atoms with Gasteiger partial charge >= 0.3 is 5.97 Å². The summed E-state index contributed by atoms with van der Waals surface area (Å²) in [5.41, 5.74) is 4.92. The number of aromatic nitrogens is 2. The van der Waals surface area contributed by atoms with Crippen LogP contribution in [-0.2, 0) is 23.2 Å². The molecule has 6 rings (SSSR count). The minimum absolute atomic E-state index is 0.0779. The van der Waals surface area contributed by atoms with Gasteiger partial charge < -0.3 is 15.3 Å². The summed E-state index contributed by atoms with van der Waals surface area (Å²) in [6.07, 6.45) is 4.99. The molecule has 2 N–H and O–H groups in total. The molecule has 2 unspecified atom stereocenters. The van der Waals surface area contributed by atoms with Crippen LogP contribution in [0, 0.1) is 5.82 Å². The summed E-state index contributed by atoms with van der Waals surface area (Å²) in [4.78, 5) is 25.4. The molecule has 3 aromatic rings. The average molecular weight is 522 g/mol. The molecule has 1 aromatic heterocycles. The van der Waals surface area contributed by atoms with E-state index in [9.17, 15) is 14.3 Å². The Morgan fingerprint density at radius 1 is 1.30 bits per heavy atom. The van der Waals surface area contributed by atoms with Crippen LogP contribution in [0.25, 0.3) is 0 Å². The van der Waals surface area contributed by atoms with Gasteiger partial charge in [-0.05, 0) is 85.2 Å². The molecular formula is C28H29ClFN5O2. The molecule has 2 aliphatic heterocycles. The van der Waals surface area contributed by atoms with E-state index < -0.39 is 17.2 Å². The lowest BCUT2D eigenvalue weighted by atomic mass is 9.77. The van der Waals surface area contributed by atoms with Crippen LogP contribution in [0.5, 0.6) is 0 Å². The van der Waals surface area contributed by atoms with Gasteiger partial charge in [0.1, 0.15) is 16.3 Å². The summed E-state index contributed by atoms with van der Waals surface area (Å²) in [6, 6.07) is 8.54. The molecule has 0 spiro atoms. The van der Waals surface area contributed by atoms with E-state index >= 15 is 0 Å². The van der Waals surface area contributed by atoms with Crippen LogP contribution in [0.2, 0.25) is 5.02 Å². The van der Waals surface area contributed by atoms with Gasteiger partial charge in [-0.15, -0.1) is 0 Å². The molecule has 37 heavy (non-hydrogen) atoms. The number of carboxylic acid groups (broad SMARTS) is 1. The van der Waals surface area contributed by atoms with Gasteiger partial charge in [-0.2, -0.15) is 4.98 Å². The van der Waals surface area contributed by atoms with Crippen LogP contribution in [0.4, 0.5) is 27.5 Å². The van der Waals surface area contributed by atoms with Gasteiger partial charge in [0, 0.05) is 31.0 Å². The molecule has 1 aliphatic carbocycles. The lowest BCUT2D eigenvalue weighted by Gasteiger charge is -2.38. The van der Waals surface area contributed by atoms with Gasteiger partial charge in [0.05, 0.1) is 6.20 Å². The molecule has 3 heterocycles. The summed E-state index contributed by atoms with van der Waals surface area (Å²) in [5, 5.41) is 13.6. The van der Waals surface area contributed by atoms with Crippen LogP contribution in [0.1, 0.15) is 54.9 Å². The van der Waals surface area contributed by atoms with Crippen molar-refractivity contribution in [2.75, 3.05) is 29.9 Å². The minimum Gasteiger partial charge on any atom is -0.481 e. The second-order valence-corrected chi connectivity index (χ2v) is 10.9. The molecule has 9 heteroatoms. The van der Waals surface area contributed by atoms with Gasteiger partial charge in [0.2, 0.25) is 5.95 Å². The molecule has 0 radical (unpaired) electrons. The maximum atomic E-state index is 14.2. The van der Waals surface area contributed by atoms with E-state index in [0.29, 0.717) is 28.9 Å². The van der Waals surface area contributed by atoms with Crippen molar-refractivity contribution in [1.29, 1.82) is 0 Å². The van der Waals surface area contributed by atoms with Crippen molar-refractivity contribution in [2.24, 2.45) is 0 Å². The van der Waals surface area contributed by atoms with E-state index in [4.69, 9.17) is 11.6 Å². The van der Waals surface area contributed by atoms with Gasteiger partial charge in [-0.25, -0.2) is 9.37 Å². The zero-order valence-corrected chi connectivity index (χ0v) is 21.6. The first-order valence-corrected chi connectivity index (χ1v) is 13.1. The highest BCUT2D eigenvalue weighted by Crippen LogP contribution is 2.46. The molecule has 0 amide bonds. The first kappa shape index (κ1) is 24.1. The topological polar surface area (TPSA) is 81.6 Å². The maximum absolute atomic E-state index is 14.2. The number of carbonyl (C=O) groups is 1. The van der Waals surface area contributed by atoms with Crippen molar-refractivity contribution in [2.45, 2.75) is 51.0 Å². The van der Waals surface area contributed by atoms with Gasteiger partial charge in [0.25, 0.3) is 0 Å². The highest BCUT2D eigenvalue weighted by atomic mass is 35.5. The van der Waals surface area contributed by atoms with E-state index in [0.717, 1.165) is 31.7 Å². The number of benzene rings is 2. The van der Waals surface area contributed by atoms with Crippen molar-refractivity contribution < 1.29 is 14.3 Å². The van der Waals surface area contributed by atoms with Crippen molar-refractivity contribution in [3.8, 4) is 0 Å². The average Bonchev–Trinajstić information content (AvgIpc) is 3.18. The predicted octanol–water partition coefficient (Wildman–Crippen LogP) is 5.76. The molecule has 2 aromatic carbocycles. The number of likely N-dealkylation sites (N-methyl/N-ethyl adjacent to an activating group) is 1. The Bertz CT molecular complexity index is 1420. The van der Waals surface area contributed by atoms with Crippen LogP contribution >= 0.6 is 11.6 Å². The largest absolute Gasteiger partial charge is 0.481 e. The first-order chi connectivity index (χ1) is 17.8. The molecule has 7 nitrogen and oxygen atoms in total. The lowest BCUT2D eigenvalue weighted by Crippen LogP contribution is -2.36. The monoisotopic (exact) mass is 521 g/mol. The number of nitrogens with one attached hydrogen (secondary N) is 1. The molecule has 3 aliphatic rings. The second kappa shape index (κ2) is 8.96. The Hall–Kier alpha value is -3.23. The number of aryl methyl sites for hydroxylation is 1. The van der Waals surface area contributed by atoms with E-state index in [2.05, 4.69) is 39.2 Å².